The highest BCUT2D eigenvalue weighted by molar-refractivity contribution is 5.21. The lowest BCUT2D eigenvalue weighted by atomic mass is 9.87. The molecule has 2 fully saturated rings. The van der Waals surface area contributed by atoms with Crippen LogP contribution in [0.1, 0.15) is 63.0 Å². The van der Waals surface area contributed by atoms with Gasteiger partial charge in [-0.2, -0.15) is 0 Å². The van der Waals surface area contributed by atoms with Crippen molar-refractivity contribution in [2.45, 2.75) is 69.6 Å². The molecule has 1 unspecified atom stereocenters. The molecule has 0 aliphatic heterocycles. The molecule has 21 heavy (non-hydrogen) atoms. The van der Waals surface area contributed by atoms with Crippen LogP contribution in [0.4, 0.5) is 4.39 Å². The summed E-state index contributed by atoms with van der Waals surface area (Å²) in [5, 5.41) is 13.5. The first-order valence-corrected chi connectivity index (χ1v) is 8.42. The van der Waals surface area contributed by atoms with Crippen molar-refractivity contribution in [3.63, 3.8) is 0 Å². The minimum absolute atomic E-state index is 0.112. The van der Waals surface area contributed by atoms with Gasteiger partial charge in [0.2, 0.25) is 0 Å². The van der Waals surface area contributed by atoms with Crippen molar-refractivity contribution in [3.05, 3.63) is 35.6 Å². The number of nitrogens with one attached hydrogen (secondary N) is 1. The summed E-state index contributed by atoms with van der Waals surface area (Å²) in [6.45, 7) is 0. The zero-order chi connectivity index (χ0) is 14.7. The van der Waals surface area contributed by atoms with Gasteiger partial charge >= 0.3 is 0 Å². The topological polar surface area (TPSA) is 32.3 Å². The number of benzene rings is 1. The smallest absolute Gasteiger partial charge is 0.123 e. The maximum absolute atomic E-state index is 13.2. The van der Waals surface area contributed by atoms with Gasteiger partial charge in [0.25, 0.3) is 0 Å². The lowest BCUT2D eigenvalue weighted by molar-refractivity contribution is 0.111. The maximum Gasteiger partial charge on any atom is 0.123 e. The van der Waals surface area contributed by atoms with Crippen LogP contribution >= 0.6 is 0 Å². The summed E-state index contributed by atoms with van der Waals surface area (Å²) in [7, 11) is 0. The Kier molecular flexibility index (Phi) is 4.91. The van der Waals surface area contributed by atoms with E-state index in [0.717, 1.165) is 25.7 Å². The van der Waals surface area contributed by atoms with Crippen LogP contribution in [0.5, 0.6) is 0 Å². The number of halogens is 1. The van der Waals surface area contributed by atoms with Crippen LogP contribution in [-0.4, -0.2) is 17.3 Å². The van der Waals surface area contributed by atoms with Gasteiger partial charge in [0.05, 0.1) is 6.10 Å². The fraction of sp³-hybridized carbons (Fsp3) is 0.667. The zero-order valence-electron chi connectivity index (χ0n) is 12.6. The number of hydrogen-bond donors (Lipinski definition) is 2. The minimum Gasteiger partial charge on any atom is -0.393 e. The summed E-state index contributed by atoms with van der Waals surface area (Å²) < 4.78 is 13.2. The Balaban J connectivity index is 1.71. The molecule has 1 aromatic rings. The van der Waals surface area contributed by atoms with Gasteiger partial charge in [0, 0.05) is 12.1 Å². The molecule has 2 N–H and O–H groups in total. The highest BCUT2D eigenvalue weighted by Crippen LogP contribution is 2.37. The largest absolute Gasteiger partial charge is 0.393 e. The minimum atomic E-state index is -0.162. The first-order chi connectivity index (χ1) is 10.2. The van der Waals surface area contributed by atoms with Gasteiger partial charge < -0.3 is 10.4 Å². The third kappa shape index (κ3) is 3.83. The highest BCUT2D eigenvalue weighted by atomic mass is 19.1. The second-order valence-electron chi connectivity index (χ2n) is 6.75. The number of rotatable bonds is 4. The van der Waals surface area contributed by atoms with Crippen LogP contribution in [0, 0.1) is 11.7 Å². The van der Waals surface area contributed by atoms with Crippen LogP contribution in [0.15, 0.2) is 24.3 Å². The van der Waals surface area contributed by atoms with Crippen molar-refractivity contribution < 1.29 is 9.50 Å². The van der Waals surface area contributed by atoms with Gasteiger partial charge in [-0.05, 0) is 62.1 Å². The lowest BCUT2D eigenvalue weighted by Gasteiger charge is -2.33. The van der Waals surface area contributed by atoms with Gasteiger partial charge in [-0.15, -0.1) is 0 Å². The fourth-order valence-corrected chi connectivity index (χ4v) is 3.96. The highest BCUT2D eigenvalue weighted by Gasteiger charge is 2.29. The standard InChI is InChI=1S/C18H26FNO/c19-15-7-5-14(6-8-15)18(13-3-1-2-4-13)20-16-9-11-17(21)12-10-16/h5-8,13,16-18,20-21H,1-4,9-12H2. The van der Waals surface area contributed by atoms with E-state index in [1.54, 1.807) is 12.1 Å². The molecular weight excluding hydrogens is 265 g/mol. The first-order valence-electron chi connectivity index (χ1n) is 8.42. The molecule has 1 atom stereocenters. The molecule has 0 heterocycles. The average molecular weight is 291 g/mol. The maximum atomic E-state index is 13.2. The molecule has 0 radical (unpaired) electrons. The van der Waals surface area contributed by atoms with Crippen LogP contribution < -0.4 is 5.32 Å². The molecule has 2 nitrogen and oxygen atoms in total. The molecule has 2 aliphatic carbocycles. The summed E-state index contributed by atoms with van der Waals surface area (Å²) in [4.78, 5) is 0. The molecule has 3 heteroatoms. The molecule has 0 aromatic heterocycles. The molecule has 0 spiro atoms. The molecule has 0 saturated heterocycles. The monoisotopic (exact) mass is 291 g/mol. The van der Waals surface area contributed by atoms with E-state index in [0.29, 0.717) is 18.0 Å². The molecule has 1 aromatic carbocycles. The van der Waals surface area contributed by atoms with Gasteiger partial charge in [-0.3, -0.25) is 0 Å². The van der Waals surface area contributed by atoms with Crippen molar-refractivity contribution in [2.24, 2.45) is 5.92 Å². The Hall–Kier alpha value is -0.930. The molecule has 2 aliphatic rings. The molecule has 116 valence electrons. The van der Waals surface area contributed by atoms with E-state index in [4.69, 9.17) is 0 Å². The van der Waals surface area contributed by atoms with E-state index in [-0.39, 0.29) is 11.9 Å². The predicted molar refractivity (Wildman–Crippen MR) is 82.5 cm³/mol. The predicted octanol–water partition coefficient (Wildman–Crippen LogP) is 3.95. The van der Waals surface area contributed by atoms with E-state index in [9.17, 15) is 9.50 Å². The van der Waals surface area contributed by atoms with Gasteiger partial charge in [0.15, 0.2) is 0 Å². The lowest BCUT2D eigenvalue weighted by Crippen LogP contribution is -2.39. The van der Waals surface area contributed by atoms with Crippen LogP contribution in [0.25, 0.3) is 0 Å². The number of aliphatic hydroxyl groups excluding tert-OH is 1. The van der Waals surface area contributed by atoms with Crippen LogP contribution in [0.2, 0.25) is 0 Å². The Morgan fingerprint density at radius 2 is 1.57 bits per heavy atom. The van der Waals surface area contributed by atoms with Crippen molar-refractivity contribution in [1.29, 1.82) is 0 Å². The Bertz CT molecular complexity index is 433. The van der Waals surface area contributed by atoms with E-state index in [1.165, 1.54) is 31.2 Å². The van der Waals surface area contributed by atoms with E-state index >= 15 is 0 Å². The molecule has 0 bridgehead atoms. The first kappa shape index (κ1) is 15.0. The van der Waals surface area contributed by atoms with Crippen molar-refractivity contribution >= 4 is 0 Å². The summed E-state index contributed by atoms with van der Waals surface area (Å²) in [5.74, 6) is 0.507. The summed E-state index contributed by atoms with van der Waals surface area (Å²) in [6.07, 6.45) is 8.95. The van der Waals surface area contributed by atoms with Crippen LogP contribution in [-0.2, 0) is 0 Å². The average Bonchev–Trinajstić information content (AvgIpc) is 3.02. The fourth-order valence-electron chi connectivity index (χ4n) is 3.96. The van der Waals surface area contributed by atoms with Gasteiger partial charge in [0.1, 0.15) is 5.82 Å². The SMILES string of the molecule is OC1CCC(NC(c2ccc(F)cc2)C2CCCC2)CC1. The number of hydrogen-bond acceptors (Lipinski definition) is 2. The summed E-state index contributed by atoms with van der Waals surface area (Å²) in [5.41, 5.74) is 1.22. The van der Waals surface area contributed by atoms with Crippen molar-refractivity contribution in [2.75, 3.05) is 0 Å². The summed E-state index contributed by atoms with van der Waals surface area (Å²) in [6, 6.07) is 7.84. The Morgan fingerprint density at radius 1 is 0.952 bits per heavy atom. The van der Waals surface area contributed by atoms with Crippen molar-refractivity contribution in [1.82, 2.24) is 5.32 Å². The van der Waals surface area contributed by atoms with E-state index in [1.807, 2.05) is 12.1 Å². The van der Waals surface area contributed by atoms with Gasteiger partial charge in [-0.1, -0.05) is 25.0 Å². The number of aliphatic hydroxyl groups is 1. The van der Waals surface area contributed by atoms with Crippen LogP contribution in [0.3, 0.4) is 0 Å². The van der Waals surface area contributed by atoms with E-state index in [2.05, 4.69) is 5.32 Å². The van der Waals surface area contributed by atoms with E-state index < -0.39 is 0 Å². The van der Waals surface area contributed by atoms with Crippen molar-refractivity contribution in [3.8, 4) is 0 Å². The molecule has 2 saturated carbocycles. The van der Waals surface area contributed by atoms with Gasteiger partial charge in [-0.25, -0.2) is 4.39 Å². The quantitative estimate of drug-likeness (QED) is 0.880. The normalized spacial score (nSPS) is 28.7. The second kappa shape index (κ2) is 6.89. The third-order valence-corrected chi connectivity index (χ3v) is 5.21. The Labute approximate surface area is 126 Å². The zero-order valence-corrected chi connectivity index (χ0v) is 12.6. The molecular formula is C18H26FNO. The molecule has 3 rings (SSSR count). The summed E-state index contributed by atoms with van der Waals surface area (Å²) >= 11 is 0. The Morgan fingerprint density at radius 3 is 2.19 bits per heavy atom. The third-order valence-electron chi connectivity index (χ3n) is 5.21. The molecule has 0 amide bonds. The second-order valence-corrected chi connectivity index (χ2v) is 6.75.